The van der Waals surface area contributed by atoms with Crippen molar-refractivity contribution in [2.75, 3.05) is 7.11 Å². The van der Waals surface area contributed by atoms with Crippen LogP contribution in [0.1, 0.15) is 0 Å². The molecule has 0 aromatic heterocycles. The fourth-order valence-electron chi connectivity index (χ4n) is 0.116. The van der Waals surface area contributed by atoms with E-state index in [4.69, 9.17) is 11.6 Å². The predicted octanol–water partition coefficient (Wildman–Crippen LogP) is -0.317. The van der Waals surface area contributed by atoms with Gasteiger partial charge in [-0.3, -0.25) is 4.79 Å². The summed E-state index contributed by atoms with van der Waals surface area (Å²) in [5, 5.41) is 0. The number of primary amides is 1. The van der Waals surface area contributed by atoms with E-state index in [-0.39, 0.29) is 0 Å². The van der Waals surface area contributed by atoms with Crippen molar-refractivity contribution >= 4 is 17.5 Å². The second kappa shape index (κ2) is 2.82. The van der Waals surface area contributed by atoms with Gasteiger partial charge in [-0.25, -0.2) is 0 Å². The zero-order valence-corrected chi connectivity index (χ0v) is 4.61. The van der Waals surface area contributed by atoms with Crippen LogP contribution < -0.4 is 5.73 Å². The molecule has 3 nitrogen and oxygen atoms in total. The van der Waals surface area contributed by atoms with Crippen LogP contribution in [0.25, 0.3) is 0 Å². The van der Waals surface area contributed by atoms with Gasteiger partial charge in [0.25, 0.3) is 5.91 Å². The van der Waals surface area contributed by atoms with Crippen LogP contribution >= 0.6 is 11.6 Å². The molecule has 1 atom stereocenters. The third-order valence-corrected chi connectivity index (χ3v) is 0.824. The minimum atomic E-state index is -0.986. The van der Waals surface area contributed by atoms with Gasteiger partial charge in [0.1, 0.15) is 0 Å². The van der Waals surface area contributed by atoms with Crippen molar-refractivity contribution in [3.05, 3.63) is 0 Å². The summed E-state index contributed by atoms with van der Waals surface area (Å²) < 4.78 is 4.30. The molecule has 0 radical (unpaired) electrons. The first kappa shape index (κ1) is 6.72. The molecule has 0 aliphatic carbocycles. The molecule has 42 valence electrons. The summed E-state index contributed by atoms with van der Waals surface area (Å²) in [5.41, 5.74) is 3.66. The highest BCUT2D eigenvalue weighted by molar-refractivity contribution is 6.29. The van der Waals surface area contributed by atoms with Gasteiger partial charge in [0.2, 0.25) is 5.56 Å². The summed E-state index contributed by atoms with van der Waals surface area (Å²) in [6, 6.07) is 0. The van der Waals surface area contributed by atoms with E-state index in [1.807, 2.05) is 0 Å². The maximum atomic E-state index is 9.90. The highest BCUT2D eigenvalue weighted by atomic mass is 35.5. The molecular weight excluding hydrogens is 117 g/mol. The van der Waals surface area contributed by atoms with Crippen molar-refractivity contribution < 1.29 is 9.53 Å². The van der Waals surface area contributed by atoms with E-state index in [2.05, 4.69) is 10.5 Å². The molecule has 1 amide bonds. The second-order valence-electron chi connectivity index (χ2n) is 0.954. The number of nitrogens with two attached hydrogens (primary N) is 1. The number of alkyl halides is 1. The van der Waals surface area contributed by atoms with E-state index in [1.54, 1.807) is 0 Å². The lowest BCUT2D eigenvalue weighted by Gasteiger charge is -1.97. The number of methoxy groups -OCH3 is 1. The summed E-state index contributed by atoms with van der Waals surface area (Å²) in [6.45, 7) is 0. The number of carbonyl (C=O) groups excluding carboxylic acids is 1. The Bertz CT molecular complexity index is 75.3. The van der Waals surface area contributed by atoms with Crippen LogP contribution in [-0.2, 0) is 9.53 Å². The highest BCUT2D eigenvalue weighted by Gasteiger charge is 2.06. The summed E-state index contributed by atoms with van der Waals surface area (Å²) in [5.74, 6) is -0.663. The molecule has 0 aliphatic rings. The first-order valence-corrected chi connectivity index (χ1v) is 2.08. The molecule has 0 aromatic carbocycles. The van der Waals surface area contributed by atoms with Crippen LogP contribution in [0.2, 0.25) is 0 Å². The van der Waals surface area contributed by atoms with Crippen LogP contribution in [0.3, 0.4) is 0 Å². The Morgan fingerprint density at radius 1 is 2.00 bits per heavy atom. The molecule has 0 aromatic rings. The zero-order valence-electron chi connectivity index (χ0n) is 3.85. The van der Waals surface area contributed by atoms with Gasteiger partial charge in [0.05, 0.1) is 0 Å². The van der Waals surface area contributed by atoms with Crippen molar-refractivity contribution in [2.45, 2.75) is 5.56 Å². The predicted molar refractivity (Wildman–Crippen MR) is 25.8 cm³/mol. The Hall–Kier alpha value is -0.280. The van der Waals surface area contributed by atoms with E-state index in [1.165, 1.54) is 7.11 Å². The summed E-state index contributed by atoms with van der Waals surface area (Å²) in [4.78, 5) is 9.90. The number of hydrogen-bond donors (Lipinski definition) is 1. The third-order valence-electron chi connectivity index (χ3n) is 0.431. The first-order chi connectivity index (χ1) is 3.18. The lowest BCUT2D eigenvalue weighted by Crippen LogP contribution is -2.24. The number of carbonyl (C=O) groups is 1. The molecule has 0 saturated carbocycles. The van der Waals surface area contributed by atoms with Crippen molar-refractivity contribution in [3.8, 4) is 0 Å². The largest absolute Gasteiger partial charge is 0.366 e. The van der Waals surface area contributed by atoms with Crippen LogP contribution in [0.15, 0.2) is 0 Å². The monoisotopic (exact) mass is 123 g/mol. The van der Waals surface area contributed by atoms with Gasteiger partial charge in [-0.15, -0.1) is 0 Å². The number of halogens is 1. The number of amides is 1. The Morgan fingerprint density at radius 3 is 2.43 bits per heavy atom. The van der Waals surface area contributed by atoms with E-state index in [0.29, 0.717) is 0 Å². The normalized spacial score (nSPS) is 13.4. The lowest BCUT2D eigenvalue weighted by molar-refractivity contribution is -0.123. The van der Waals surface area contributed by atoms with Gasteiger partial charge in [-0.1, -0.05) is 11.6 Å². The fourth-order valence-corrected chi connectivity index (χ4v) is 0.116. The molecule has 1 unspecified atom stereocenters. The van der Waals surface area contributed by atoms with Crippen molar-refractivity contribution in [1.82, 2.24) is 0 Å². The molecule has 0 fully saturated rings. The number of hydrogen-bond acceptors (Lipinski definition) is 2. The third kappa shape index (κ3) is 2.42. The number of ether oxygens (including phenoxy) is 1. The van der Waals surface area contributed by atoms with Gasteiger partial charge in [-0.2, -0.15) is 0 Å². The van der Waals surface area contributed by atoms with Crippen molar-refractivity contribution in [3.63, 3.8) is 0 Å². The Kier molecular flexibility index (Phi) is 2.71. The molecule has 0 saturated heterocycles. The molecule has 0 bridgehead atoms. The Morgan fingerprint density at radius 2 is 2.43 bits per heavy atom. The Balaban J connectivity index is 3.34. The molecule has 0 spiro atoms. The lowest BCUT2D eigenvalue weighted by atomic mass is 10.7. The Labute approximate surface area is 46.4 Å². The average Bonchev–Trinajstić information content (AvgIpc) is 1.65. The van der Waals surface area contributed by atoms with Crippen molar-refractivity contribution in [2.24, 2.45) is 5.73 Å². The second-order valence-corrected chi connectivity index (χ2v) is 1.35. The van der Waals surface area contributed by atoms with Gasteiger partial charge < -0.3 is 10.5 Å². The van der Waals surface area contributed by atoms with Crippen molar-refractivity contribution in [1.29, 1.82) is 0 Å². The van der Waals surface area contributed by atoms with Crippen LogP contribution in [0, 0.1) is 0 Å². The smallest absolute Gasteiger partial charge is 0.262 e. The molecule has 0 heterocycles. The van der Waals surface area contributed by atoms with E-state index in [0.717, 1.165) is 0 Å². The number of rotatable bonds is 2. The summed E-state index contributed by atoms with van der Waals surface area (Å²) in [7, 11) is 1.31. The van der Waals surface area contributed by atoms with Gasteiger partial charge in [0, 0.05) is 7.11 Å². The van der Waals surface area contributed by atoms with Crippen LogP contribution in [0.4, 0.5) is 0 Å². The topological polar surface area (TPSA) is 52.3 Å². The highest BCUT2D eigenvalue weighted by Crippen LogP contribution is 1.91. The minimum absolute atomic E-state index is 0.663. The van der Waals surface area contributed by atoms with Crippen LogP contribution in [0.5, 0.6) is 0 Å². The molecule has 0 aliphatic heterocycles. The molecule has 0 rings (SSSR count). The molecular formula is C3H6ClNO2. The fraction of sp³-hybridized carbons (Fsp3) is 0.667. The summed E-state index contributed by atoms with van der Waals surface area (Å²) in [6.07, 6.45) is 0. The zero-order chi connectivity index (χ0) is 5.86. The van der Waals surface area contributed by atoms with Crippen LogP contribution in [-0.4, -0.2) is 18.6 Å². The quantitative estimate of drug-likeness (QED) is 0.512. The van der Waals surface area contributed by atoms with E-state index in [9.17, 15) is 4.79 Å². The summed E-state index contributed by atoms with van der Waals surface area (Å²) >= 11 is 5.10. The maximum Gasteiger partial charge on any atom is 0.262 e. The maximum absolute atomic E-state index is 9.90. The SMILES string of the molecule is COC(Cl)C(N)=O. The first-order valence-electron chi connectivity index (χ1n) is 1.64. The van der Waals surface area contributed by atoms with Gasteiger partial charge >= 0.3 is 0 Å². The molecule has 4 heteroatoms. The molecule has 2 N–H and O–H groups in total. The minimum Gasteiger partial charge on any atom is -0.366 e. The molecule has 7 heavy (non-hydrogen) atoms. The standard InChI is InChI=1S/C3H6ClNO2/c1-7-2(4)3(5)6/h2H,1H3,(H2,5,6). The van der Waals surface area contributed by atoms with E-state index < -0.39 is 11.5 Å². The average molecular weight is 124 g/mol. The van der Waals surface area contributed by atoms with Gasteiger partial charge in [0.15, 0.2) is 0 Å². The van der Waals surface area contributed by atoms with E-state index >= 15 is 0 Å². The van der Waals surface area contributed by atoms with Gasteiger partial charge in [-0.05, 0) is 0 Å².